The van der Waals surface area contributed by atoms with Crippen molar-refractivity contribution in [2.75, 3.05) is 12.4 Å². The number of ether oxygens (including phenoxy) is 1. The minimum atomic E-state index is -0.158. The average Bonchev–Trinajstić information content (AvgIpc) is 2.84. The minimum absolute atomic E-state index is 0.158. The molecule has 2 rings (SSSR count). The fourth-order valence-electron chi connectivity index (χ4n) is 1.51. The summed E-state index contributed by atoms with van der Waals surface area (Å²) in [7, 11) is 0. The highest BCUT2D eigenvalue weighted by Crippen LogP contribution is 2.18. The van der Waals surface area contributed by atoms with Gasteiger partial charge in [0.1, 0.15) is 12.4 Å². The summed E-state index contributed by atoms with van der Waals surface area (Å²) < 4.78 is 6.72. The summed E-state index contributed by atoms with van der Waals surface area (Å²) in [5, 5.41) is 0. The molecule has 0 bridgehead atoms. The summed E-state index contributed by atoms with van der Waals surface area (Å²) in [5.41, 5.74) is 0.753. The number of alkyl halides is 1. The van der Waals surface area contributed by atoms with Gasteiger partial charge in [-0.25, -0.2) is 4.79 Å². The second kappa shape index (κ2) is 7.95. The van der Waals surface area contributed by atoms with Crippen molar-refractivity contribution in [3.63, 3.8) is 0 Å². The van der Waals surface area contributed by atoms with E-state index in [1.807, 2.05) is 24.3 Å². The molecule has 0 aliphatic carbocycles. The lowest BCUT2D eigenvalue weighted by Gasteiger charge is -2.11. The number of aromatic nitrogens is 2. The van der Waals surface area contributed by atoms with E-state index in [9.17, 15) is 4.79 Å². The number of aromatic amines is 2. The first-order valence-electron chi connectivity index (χ1n) is 6.00. The van der Waals surface area contributed by atoms with Crippen molar-refractivity contribution in [1.29, 1.82) is 0 Å². The Morgan fingerprint density at radius 1 is 1.30 bits per heavy atom. The largest absolute Gasteiger partial charge is 0.492 e. The van der Waals surface area contributed by atoms with Gasteiger partial charge in [-0.2, -0.15) is 11.8 Å². The minimum Gasteiger partial charge on any atom is -0.492 e. The normalized spacial score (nSPS) is 12.3. The van der Waals surface area contributed by atoms with Gasteiger partial charge < -0.3 is 14.7 Å². The number of halogens is 2. The molecule has 0 aliphatic rings. The molecule has 2 N–H and O–H groups in total. The summed E-state index contributed by atoms with van der Waals surface area (Å²) >= 11 is 8.72. The number of benzene rings is 1. The molecule has 0 saturated carbocycles. The van der Waals surface area contributed by atoms with Gasteiger partial charge in [0.15, 0.2) is 0 Å². The monoisotopic (exact) mass is 420 g/mol. The van der Waals surface area contributed by atoms with Crippen LogP contribution in [0.25, 0.3) is 0 Å². The maximum Gasteiger partial charge on any atom is 0.323 e. The molecule has 2 aromatic rings. The van der Waals surface area contributed by atoms with Crippen LogP contribution in [0, 0.1) is 0 Å². The highest BCUT2D eigenvalue weighted by atomic mass is 79.9. The van der Waals surface area contributed by atoms with Crippen LogP contribution in [0.1, 0.15) is 5.69 Å². The Morgan fingerprint density at radius 3 is 2.70 bits per heavy atom. The Balaban J connectivity index is 1.66. The molecule has 0 aliphatic heterocycles. The second-order valence-corrected chi connectivity index (χ2v) is 7.39. The smallest absolute Gasteiger partial charge is 0.323 e. The van der Waals surface area contributed by atoms with Crippen LogP contribution in [-0.2, 0) is 5.75 Å². The van der Waals surface area contributed by atoms with Crippen molar-refractivity contribution in [1.82, 2.24) is 9.97 Å². The van der Waals surface area contributed by atoms with E-state index in [-0.39, 0.29) is 10.5 Å². The Hall–Kier alpha value is -0.660. The highest BCUT2D eigenvalue weighted by molar-refractivity contribution is 9.10. The molecule has 7 heteroatoms. The number of nitrogens with one attached hydrogen (secondary N) is 2. The van der Waals surface area contributed by atoms with Crippen LogP contribution in [0.15, 0.2) is 39.7 Å². The zero-order valence-corrected chi connectivity index (χ0v) is 14.6. The summed E-state index contributed by atoms with van der Waals surface area (Å²) in [4.78, 5) is 16.5. The molecule has 20 heavy (non-hydrogen) atoms. The van der Waals surface area contributed by atoms with Crippen molar-refractivity contribution >= 4 is 43.6 Å². The van der Waals surface area contributed by atoms with Crippen LogP contribution in [0.5, 0.6) is 5.75 Å². The summed E-state index contributed by atoms with van der Waals surface area (Å²) in [6.45, 7) is 0.609. The van der Waals surface area contributed by atoms with E-state index < -0.39 is 0 Å². The van der Waals surface area contributed by atoms with Crippen molar-refractivity contribution in [3.8, 4) is 5.75 Å². The standard InChI is InChI=1S/C13H14Br2N2O2S/c14-9-1-3-12(4-2-9)19-6-10(15)7-20-8-11-5-16-13(18)17-11/h1-5,10H,6-8H2,(H2,16,17,18). The van der Waals surface area contributed by atoms with Crippen LogP contribution in [0.2, 0.25) is 0 Å². The first-order chi connectivity index (χ1) is 9.63. The molecule has 0 fully saturated rings. The third-order valence-electron chi connectivity index (χ3n) is 2.45. The number of imidazole rings is 1. The van der Waals surface area contributed by atoms with Crippen LogP contribution >= 0.6 is 43.6 Å². The molecule has 0 amide bonds. The van der Waals surface area contributed by atoms with Crippen molar-refractivity contribution in [2.45, 2.75) is 10.6 Å². The number of hydrogen-bond donors (Lipinski definition) is 2. The van der Waals surface area contributed by atoms with Gasteiger partial charge in [0, 0.05) is 27.9 Å². The Morgan fingerprint density at radius 2 is 2.05 bits per heavy atom. The molecule has 0 saturated heterocycles. The topological polar surface area (TPSA) is 57.9 Å². The zero-order chi connectivity index (χ0) is 14.4. The molecule has 108 valence electrons. The van der Waals surface area contributed by atoms with Crippen LogP contribution < -0.4 is 10.4 Å². The Kier molecular flexibility index (Phi) is 6.25. The van der Waals surface area contributed by atoms with Gasteiger partial charge in [0.05, 0.1) is 4.83 Å². The molecule has 1 unspecified atom stereocenters. The van der Waals surface area contributed by atoms with Gasteiger partial charge in [-0.1, -0.05) is 31.9 Å². The second-order valence-electron chi connectivity index (χ2n) is 4.15. The third kappa shape index (κ3) is 5.38. The Labute approximate surface area is 138 Å². The number of rotatable bonds is 7. The molecule has 1 aromatic heterocycles. The van der Waals surface area contributed by atoms with Gasteiger partial charge in [-0.3, -0.25) is 0 Å². The van der Waals surface area contributed by atoms with E-state index in [0.29, 0.717) is 6.61 Å². The van der Waals surface area contributed by atoms with E-state index in [4.69, 9.17) is 4.74 Å². The molecule has 1 atom stereocenters. The predicted octanol–water partition coefficient (Wildman–Crippen LogP) is 3.54. The van der Waals surface area contributed by atoms with Crippen LogP contribution in [0.3, 0.4) is 0 Å². The molecule has 0 spiro atoms. The van der Waals surface area contributed by atoms with Gasteiger partial charge in [0.25, 0.3) is 0 Å². The highest BCUT2D eigenvalue weighted by Gasteiger charge is 2.06. The number of H-pyrrole nitrogens is 2. The van der Waals surface area contributed by atoms with Gasteiger partial charge in [-0.15, -0.1) is 0 Å². The van der Waals surface area contributed by atoms with E-state index in [0.717, 1.165) is 27.4 Å². The van der Waals surface area contributed by atoms with Crippen molar-refractivity contribution < 1.29 is 4.74 Å². The predicted molar refractivity (Wildman–Crippen MR) is 89.9 cm³/mol. The van der Waals surface area contributed by atoms with Crippen molar-refractivity contribution in [3.05, 3.63) is 51.1 Å². The molecule has 1 heterocycles. The quantitative estimate of drug-likeness (QED) is 0.672. The third-order valence-corrected chi connectivity index (χ3v) is 5.15. The lowest BCUT2D eigenvalue weighted by molar-refractivity contribution is 0.325. The van der Waals surface area contributed by atoms with Crippen molar-refractivity contribution in [2.24, 2.45) is 0 Å². The number of hydrogen-bond acceptors (Lipinski definition) is 3. The summed E-state index contributed by atoms with van der Waals surface area (Å²) in [6.07, 6.45) is 1.71. The summed E-state index contributed by atoms with van der Waals surface area (Å²) in [5.74, 6) is 2.54. The summed E-state index contributed by atoms with van der Waals surface area (Å²) in [6, 6.07) is 7.77. The molecule has 1 aromatic carbocycles. The lowest BCUT2D eigenvalue weighted by Crippen LogP contribution is -2.14. The fourth-order valence-corrected chi connectivity index (χ4v) is 3.31. The zero-order valence-electron chi connectivity index (χ0n) is 10.6. The first kappa shape index (κ1) is 15.7. The maximum atomic E-state index is 10.9. The van der Waals surface area contributed by atoms with Gasteiger partial charge in [-0.05, 0) is 24.3 Å². The fraction of sp³-hybridized carbons (Fsp3) is 0.308. The first-order valence-corrected chi connectivity index (χ1v) is 8.86. The SMILES string of the molecule is O=c1[nH]cc(CSCC(Br)COc2ccc(Br)cc2)[nH]1. The lowest BCUT2D eigenvalue weighted by atomic mass is 10.3. The average molecular weight is 422 g/mol. The van der Waals surface area contributed by atoms with E-state index in [2.05, 4.69) is 41.8 Å². The molecule has 4 nitrogen and oxygen atoms in total. The van der Waals surface area contributed by atoms with E-state index in [1.54, 1.807) is 18.0 Å². The van der Waals surface area contributed by atoms with Gasteiger partial charge >= 0.3 is 5.69 Å². The van der Waals surface area contributed by atoms with Gasteiger partial charge in [0.2, 0.25) is 0 Å². The molecule has 0 radical (unpaired) electrons. The van der Waals surface area contributed by atoms with E-state index in [1.165, 1.54) is 0 Å². The Bertz CT molecular complexity index is 583. The van der Waals surface area contributed by atoms with E-state index >= 15 is 0 Å². The molecular formula is C13H14Br2N2O2S. The molecular weight excluding hydrogens is 408 g/mol. The van der Waals surface area contributed by atoms with Crippen LogP contribution in [0.4, 0.5) is 0 Å². The number of thioether (sulfide) groups is 1. The maximum absolute atomic E-state index is 10.9. The van der Waals surface area contributed by atoms with Crippen LogP contribution in [-0.4, -0.2) is 27.2 Å².